The van der Waals surface area contributed by atoms with Gasteiger partial charge in [0.25, 0.3) is 10.0 Å². The molecule has 1 unspecified atom stereocenters. The molecule has 0 saturated carbocycles. The summed E-state index contributed by atoms with van der Waals surface area (Å²) in [4.78, 5) is 12.6. The predicted octanol–water partition coefficient (Wildman–Crippen LogP) is 2.93. The van der Waals surface area contributed by atoms with Gasteiger partial charge in [0.2, 0.25) is 5.91 Å². The van der Waals surface area contributed by atoms with E-state index >= 15 is 0 Å². The van der Waals surface area contributed by atoms with Gasteiger partial charge in [0.15, 0.2) is 0 Å². The molecule has 2 aromatic rings. The normalized spacial score (nSPS) is 19.4. The summed E-state index contributed by atoms with van der Waals surface area (Å²) in [7, 11) is -3.61. The first kappa shape index (κ1) is 16.2. The quantitative estimate of drug-likeness (QED) is 0.922. The fourth-order valence-electron chi connectivity index (χ4n) is 2.73. The van der Waals surface area contributed by atoms with E-state index in [-0.39, 0.29) is 10.1 Å². The van der Waals surface area contributed by atoms with Gasteiger partial charge in [0.1, 0.15) is 10.3 Å². The minimum absolute atomic E-state index is 0.268. The van der Waals surface area contributed by atoms with Crippen molar-refractivity contribution in [3.63, 3.8) is 0 Å². The van der Waals surface area contributed by atoms with E-state index in [1.807, 2.05) is 18.2 Å². The number of carbonyl (C=O) groups excluding carboxylic acids is 1. The molecule has 0 bridgehead atoms. The summed E-state index contributed by atoms with van der Waals surface area (Å²) in [5, 5.41) is 4.55. The molecule has 7 heteroatoms. The third kappa shape index (κ3) is 3.46. The summed E-state index contributed by atoms with van der Waals surface area (Å²) in [6.45, 7) is 0.382. The van der Waals surface area contributed by atoms with Crippen LogP contribution in [0.4, 0.5) is 5.69 Å². The number of nitrogens with one attached hydrogen (secondary N) is 1. The maximum Gasteiger partial charge on any atom is 0.253 e. The molecule has 1 N–H and O–H groups in total. The lowest BCUT2D eigenvalue weighted by Crippen LogP contribution is -2.49. The Morgan fingerprint density at radius 1 is 1.13 bits per heavy atom. The first-order valence-corrected chi connectivity index (χ1v) is 9.82. The summed E-state index contributed by atoms with van der Waals surface area (Å²) in [5.41, 5.74) is 0.677. The van der Waals surface area contributed by atoms with Crippen LogP contribution in [0.5, 0.6) is 0 Å². The van der Waals surface area contributed by atoms with E-state index in [1.165, 1.54) is 15.6 Å². The van der Waals surface area contributed by atoms with Gasteiger partial charge < -0.3 is 5.32 Å². The minimum atomic E-state index is -3.61. The monoisotopic (exact) mass is 350 g/mol. The van der Waals surface area contributed by atoms with Crippen LogP contribution >= 0.6 is 11.3 Å². The molecule has 1 atom stereocenters. The number of piperidine rings is 1. The second-order valence-electron chi connectivity index (χ2n) is 5.41. The topological polar surface area (TPSA) is 66.5 Å². The van der Waals surface area contributed by atoms with Crippen molar-refractivity contribution in [3.8, 4) is 0 Å². The largest absolute Gasteiger partial charge is 0.325 e. The Morgan fingerprint density at radius 2 is 1.91 bits per heavy atom. The van der Waals surface area contributed by atoms with Crippen LogP contribution < -0.4 is 5.32 Å². The molecule has 1 amide bonds. The molecule has 1 aromatic heterocycles. The van der Waals surface area contributed by atoms with Crippen molar-refractivity contribution in [2.24, 2.45) is 0 Å². The molecule has 0 radical (unpaired) electrons. The number of hydrogen-bond acceptors (Lipinski definition) is 4. The Hall–Kier alpha value is -1.70. The second kappa shape index (κ2) is 6.82. The Morgan fingerprint density at radius 3 is 2.61 bits per heavy atom. The molecule has 23 heavy (non-hydrogen) atoms. The van der Waals surface area contributed by atoms with E-state index in [9.17, 15) is 13.2 Å². The van der Waals surface area contributed by atoms with Crippen LogP contribution in [0.25, 0.3) is 0 Å². The average Bonchev–Trinajstić information content (AvgIpc) is 3.11. The Balaban J connectivity index is 1.83. The SMILES string of the molecule is O=C(Nc1ccccc1)C1CCCCN1S(=O)(=O)c1cccs1. The zero-order chi connectivity index (χ0) is 16.3. The number of para-hydroxylation sites is 1. The molecule has 122 valence electrons. The van der Waals surface area contributed by atoms with Crippen molar-refractivity contribution in [3.05, 3.63) is 47.8 Å². The van der Waals surface area contributed by atoms with E-state index < -0.39 is 16.1 Å². The van der Waals surface area contributed by atoms with Gasteiger partial charge in [0, 0.05) is 12.2 Å². The standard InChI is InChI=1S/C16H18N2O3S2/c19-16(17-13-7-2-1-3-8-13)14-9-4-5-11-18(14)23(20,21)15-10-6-12-22-15/h1-3,6-8,10,12,14H,4-5,9,11H2,(H,17,19). The van der Waals surface area contributed by atoms with Crippen molar-refractivity contribution < 1.29 is 13.2 Å². The lowest BCUT2D eigenvalue weighted by atomic mass is 10.0. The number of sulfonamides is 1. The maximum atomic E-state index is 12.8. The van der Waals surface area contributed by atoms with Gasteiger partial charge in [-0.15, -0.1) is 11.3 Å². The Labute approximate surface area is 140 Å². The lowest BCUT2D eigenvalue weighted by molar-refractivity contribution is -0.120. The number of rotatable bonds is 4. The highest BCUT2D eigenvalue weighted by molar-refractivity contribution is 7.91. The molecular weight excluding hydrogens is 332 g/mol. The van der Waals surface area contributed by atoms with E-state index in [0.29, 0.717) is 18.7 Å². The number of anilines is 1. The van der Waals surface area contributed by atoms with Crippen LogP contribution in [0.2, 0.25) is 0 Å². The Bertz CT molecular complexity index is 758. The molecule has 1 saturated heterocycles. The fourth-order valence-corrected chi connectivity index (χ4v) is 5.50. The molecule has 5 nitrogen and oxygen atoms in total. The number of benzene rings is 1. The van der Waals surface area contributed by atoms with Gasteiger partial charge in [-0.05, 0) is 36.4 Å². The number of carbonyl (C=O) groups is 1. The van der Waals surface area contributed by atoms with E-state index in [2.05, 4.69) is 5.32 Å². The molecule has 3 rings (SSSR count). The zero-order valence-corrected chi connectivity index (χ0v) is 14.1. The first-order chi connectivity index (χ1) is 11.1. The lowest BCUT2D eigenvalue weighted by Gasteiger charge is -2.33. The van der Waals surface area contributed by atoms with Gasteiger partial charge in [-0.1, -0.05) is 30.7 Å². The van der Waals surface area contributed by atoms with Crippen molar-refractivity contribution in [2.45, 2.75) is 29.5 Å². The number of thiophene rings is 1. The zero-order valence-electron chi connectivity index (χ0n) is 12.5. The maximum absolute atomic E-state index is 12.8. The Kier molecular flexibility index (Phi) is 4.79. The number of hydrogen-bond donors (Lipinski definition) is 1. The van der Waals surface area contributed by atoms with Crippen molar-refractivity contribution in [1.82, 2.24) is 4.31 Å². The number of amides is 1. The summed E-state index contributed by atoms with van der Waals surface area (Å²) in [5.74, 6) is -0.268. The summed E-state index contributed by atoms with van der Waals surface area (Å²) >= 11 is 1.18. The highest BCUT2D eigenvalue weighted by Crippen LogP contribution is 2.28. The molecule has 1 fully saturated rings. The second-order valence-corrected chi connectivity index (χ2v) is 8.48. The van der Waals surface area contributed by atoms with Crippen LogP contribution in [0.1, 0.15) is 19.3 Å². The highest BCUT2D eigenvalue weighted by Gasteiger charge is 2.38. The van der Waals surface area contributed by atoms with Gasteiger partial charge in [-0.3, -0.25) is 4.79 Å². The molecule has 2 heterocycles. The van der Waals surface area contributed by atoms with Gasteiger partial charge >= 0.3 is 0 Å². The van der Waals surface area contributed by atoms with E-state index in [4.69, 9.17) is 0 Å². The third-order valence-electron chi connectivity index (χ3n) is 3.86. The average molecular weight is 350 g/mol. The first-order valence-electron chi connectivity index (χ1n) is 7.50. The van der Waals surface area contributed by atoms with Crippen LogP contribution in [0.15, 0.2) is 52.1 Å². The molecule has 1 aromatic carbocycles. The summed E-state index contributed by atoms with van der Waals surface area (Å²) in [6, 6.07) is 11.7. The summed E-state index contributed by atoms with van der Waals surface area (Å²) in [6.07, 6.45) is 2.17. The van der Waals surface area contributed by atoms with Gasteiger partial charge in [-0.25, -0.2) is 8.42 Å². The van der Waals surface area contributed by atoms with E-state index in [0.717, 1.165) is 12.8 Å². The van der Waals surface area contributed by atoms with Crippen LogP contribution in [-0.4, -0.2) is 31.2 Å². The van der Waals surface area contributed by atoms with Crippen molar-refractivity contribution in [1.29, 1.82) is 0 Å². The smallest absolute Gasteiger partial charge is 0.253 e. The predicted molar refractivity (Wildman–Crippen MR) is 90.9 cm³/mol. The van der Waals surface area contributed by atoms with Crippen LogP contribution in [-0.2, 0) is 14.8 Å². The minimum Gasteiger partial charge on any atom is -0.325 e. The molecule has 1 aliphatic heterocycles. The molecule has 1 aliphatic rings. The van der Waals surface area contributed by atoms with Gasteiger partial charge in [-0.2, -0.15) is 4.31 Å². The molecule has 0 spiro atoms. The molecular formula is C16H18N2O3S2. The van der Waals surface area contributed by atoms with Gasteiger partial charge in [0.05, 0.1) is 0 Å². The summed E-state index contributed by atoms with van der Waals surface area (Å²) < 4.78 is 27.2. The number of nitrogens with zero attached hydrogens (tertiary/aromatic N) is 1. The third-order valence-corrected chi connectivity index (χ3v) is 7.14. The van der Waals surface area contributed by atoms with Crippen LogP contribution in [0.3, 0.4) is 0 Å². The fraction of sp³-hybridized carbons (Fsp3) is 0.312. The van der Waals surface area contributed by atoms with Crippen LogP contribution in [0, 0.1) is 0 Å². The van der Waals surface area contributed by atoms with E-state index in [1.54, 1.807) is 29.6 Å². The highest BCUT2D eigenvalue weighted by atomic mass is 32.2. The molecule has 0 aliphatic carbocycles. The van der Waals surface area contributed by atoms with Crippen molar-refractivity contribution in [2.75, 3.05) is 11.9 Å². The van der Waals surface area contributed by atoms with Crippen molar-refractivity contribution >= 4 is 33.0 Å².